The number of H-pyrrole nitrogens is 1. The van der Waals surface area contributed by atoms with E-state index in [0.717, 1.165) is 29.9 Å². The summed E-state index contributed by atoms with van der Waals surface area (Å²) in [5.41, 5.74) is 9.59. The summed E-state index contributed by atoms with van der Waals surface area (Å²) in [7, 11) is 2.16. The van der Waals surface area contributed by atoms with Crippen molar-refractivity contribution in [3.8, 4) is 22.5 Å². The molecule has 1 aliphatic rings. The number of aromatic amines is 1. The quantitative estimate of drug-likeness (QED) is 0.464. The van der Waals surface area contributed by atoms with Gasteiger partial charge in [0.25, 0.3) is 5.56 Å². The summed E-state index contributed by atoms with van der Waals surface area (Å²) in [5, 5.41) is 1.33. The number of anilines is 2. The number of aryl methyl sites for hydroxylation is 1. The fourth-order valence-corrected chi connectivity index (χ4v) is 4.82. The third-order valence-electron chi connectivity index (χ3n) is 7.00. The molecule has 5 rings (SSSR count). The molecule has 0 saturated carbocycles. The van der Waals surface area contributed by atoms with Crippen molar-refractivity contribution in [3.05, 3.63) is 70.5 Å². The summed E-state index contributed by atoms with van der Waals surface area (Å²) in [6.45, 7) is 8.14. The molecule has 2 aromatic carbocycles. The zero-order chi connectivity index (χ0) is 24.9. The number of benzene rings is 2. The number of rotatable bonds is 3. The van der Waals surface area contributed by atoms with Crippen LogP contribution in [0.4, 0.5) is 15.9 Å². The third-order valence-corrected chi connectivity index (χ3v) is 7.00. The molecule has 7 nitrogen and oxygen atoms in total. The lowest BCUT2D eigenvalue weighted by Gasteiger charge is -2.43. The molecule has 3 heterocycles. The lowest BCUT2D eigenvalue weighted by Crippen LogP contribution is -2.55. The van der Waals surface area contributed by atoms with E-state index in [9.17, 15) is 9.18 Å². The van der Waals surface area contributed by atoms with Gasteiger partial charge in [0, 0.05) is 53.1 Å². The molecule has 180 valence electrons. The smallest absolute Gasteiger partial charge is 0.256 e. The number of aromatic nitrogens is 3. The lowest BCUT2D eigenvalue weighted by atomic mass is 10.0. The van der Waals surface area contributed by atoms with Crippen LogP contribution in [0.5, 0.6) is 0 Å². The van der Waals surface area contributed by atoms with Gasteiger partial charge >= 0.3 is 0 Å². The van der Waals surface area contributed by atoms with Gasteiger partial charge in [-0.25, -0.2) is 4.98 Å². The Kier molecular flexibility index (Phi) is 5.76. The molecule has 1 saturated heterocycles. The van der Waals surface area contributed by atoms with Gasteiger partial charge in [-0.2, -0.15) is 9.37 Å². The molecule has 8 heteroatoms. The SMILES string of the molecule is Cc1cc2cc(-c3nc(-c4ccc(N5C[C@@H](C)N(C)[C@@H](C)C5)cc4)c(F)nc3N)ccc2c(=O)[nH]1. The third kappa shape index (κ3) is 4.25. The molecule has 1 aliphatic heterocycles. The number of likely N-dealkylation sites (N-methyl/N-ethyl adjacent to an activating group) is 1. The van der Waals surface area contributed by atoms with E-state index in [4.69, 9.17) is 5.73 Å². The van der Waals surface area contributed by atoms with Gasteiger partial charge in [0.2, 0.25) is 5.95 Å². The number of piperazine rings is 1. The van der Waals surface area contributed by atoms with Gasteiger partial charge in [0.1, 0.15) is 11.4 Å². The van der Waals surface area contributed by atoms with Crippen molar-refractivity contribution in [2.75, 3.05) is 30.8 Å². The number of pyridine rings is 1. The van der Waals surface area contributed by atoms with Crippen molar-refractivity contribution in [3.63, 3.8) is 0 Å². The van der Waals surface area contributed by atoms with Crippen molar-refractivity contribution < 1.29 is 4.39 Å². The Morgan fingerprint density at radius 2 is 1.63 bits per heavy atom. The van der Waals surface area contributed by atoms with Crippen LogP contribution in [0.3, 0.4) is 0 Å². The summed E-state index contributed by atoms with van der Waals surface area (Å²) in [6.07, 6.45) is 0. The maximum atomic E-state index is 14.9. The summed E-state index contributed by atoms with van der Waals surface area (Å²) < 4.78 is 14.9. The molecule has 0 bridgehead atoms. The van der Waals surface area contributed by atoms with Crippen molar-refractivity contribution in [1.29, 1.82) is 0 Å². The Morgan fingerprint density at radius 3 is 2.31 bits per heavy atom. The average Bonchev–Trinajstić information content (AvgIpc) is 2.82. The predicted molar refractivity (Wildman–Crippen MR) is 139 cm³/mol. The van der Waals surface area contributed by atoms with E-state index < -0.39 is 5.95 Å². The highest BCUT2D eigenvalue weighted by Crippen LogP contribution is 2.31. The number of hydrogen-bond acceptors (Lipinski definition) is 6. The van der Waals surface area contributed by atoms with E-state index in [1.54, 1.807) is 12.1 Å². The minimum atomic E-state index is -0.714. The zero-order valence-electron chi connectivity index (χ0n) is 20.3. The standard InChI is InChI=1S/C27H29FN6O/c1-15-11-20-12-19(7-10-22(20)27(35)30-15)24-26(29)32-25(28)23(31-24)18-5-8-21(9-6-18)34-13-16(2)33(4)17(3)14-34/h5-12,16-17H,13-14H2,1-4H3,(H2,29,32)(H,30,35)/t16-,17+. The second-order valence-corrected chi connectivity index (χ2v) is 9.50. The Balaban J connectivity index is 1.50. The molecule has 2 atom stereocenters. The number of halogens is 1. The van der Waals surface area contributed by atoms with Crippen LogP contribution in [0.1, 0.15) is 19.5 Å². The van der Waals surface area contributed by atoms with Gasteiger partial charge in [-0.05, 0) is 63.5 Å². The van der Waals surface area contributed by atoms with Crippen LogP contribution >= 0.6 is 0 Å². The second kappa shape index (κ2) is 8.78. The Labute approximate surface area is 203 Å². The summed E-state index contributed by atoms with van der Waals surface area (Å²) in [6, 6.07) is 15.8. The molecule has 2 aromatic heterocycles. The average molecular weight is 473 g/mol. The molecule has 0 spiro atoms. The zero-order valence-corrected chi connectivity index (χ0v) is 20.3. The number of nitrogen functional groups attached to an aromatic ring is 1. The first-order valence-corrected chi connectivity index (χ1v) is 11.8. The highest BCUT2D eigenvalue weighted by atomic mass is 19.1. The fourth-order valence-electron chi connectivity index (χ4n) is 4.82. The first-order valence-electron chi connectivity index (χ1n) is 11.8. The number of nitrogens with one attached hydrogen (secondary N) is 1. The van der Waals surface area contributed by atoms with Crippen molar-refractivity contribution in [2.45, 2.75) is 32.9 Å². The van der Waals surface area contributed by atoms with Gasteiger partial charge in [-0.1, -0.05) is 18.2 Å². The number of fused-ring (bicyclic) bond motifs is 1. The van der Waals surface area contributed by atoms with Crippen LogP contribution in [0.25, 0.3) is 33.3 Å². The highest BCUT2D eigenvalue weighted by Gasteiger charge is 2.26. The van der Waals surface area contributed by atoms with Gasteiger partial charge in [-0.3, -0.25) is 9.69 Å². The normalized spacial score (nSPS) is 18.8. The molecule has 4 aromatic rings. The number of hydrogen-bond donors (Lipinski definition) is 2. The molecule has 0 radical (unpaired) electrons. The van der Waals surface area contributed by atoms with Crippen LogP contribution in [0.15, 0.2) is 53.3 Å². The number of nitrogens with two attached hydrogens (primary N) is 1. The Bertz CT molecular complexity index is 1450. The summed E-state index contributed by atoms with van der Waals surface area (Å²) >= 11 is 0. The molecule has 0 unspecified atom stereocenters. The van der Waals surface area contributed by atoms with E-state index in [0.29, 0.717) is 34.3 Å². The van der Waals surface area contributed by atoms with Crippen LogP contribution in [-0.2, 0) is 0 Å². The van der Waals surface area contributed by atoms with Gasteiger partial charge in [-0.15, -0.1) is 0 Å². The van der Waals surface area contributed by atoms with Gasteiger partial charge in [0.05, 0.1) is 0 Å². The maximum Gasteiger partial charge on any atom is 0.256 e. The second-order valence-electron chi connectivity index (χ2n) is 9.50. The first-order chi connectivity index (χ1) is 16.7. The van der Waals surface area contributed by atoms with Crippen molar-refractivity contribution in [2.24, 2.45) is 0 Å². The van der Waals surface area contributed by atoms with Crippen molar-refractivity contribution in [1.82, 2.24) is 19.9 Å². The van der Waals surface area contributed by atoms with Crippen LogP contribution in [0.2, 0.25) is 0 Å². The van der Waals surface area contributed by atoms with Crippen LogP contribution in [-0.4, -0.2) is 52.1 Å². The molecule has 0 amide bonds. The Morgan fingerprint density at radius 1 is 0.971 bits per heavy atom. The van der Waals surface area contributed by atoms with E-state index >= 15 is 0 Å². The van der Waals surface area contributed by atoms with Crippen molar-refractivity contribution >= 4 is 22.3 Å². The van der Waals surface area contributed by atoms with Gasteiger partial charge in [0.15, 0.2) is 5.82 Å². The topological polar surface area (TPSA) is 91.1 Å². The monoisotopic (exact) mass is 472 g/mol. The Hall–Kier alpha value is -3.78. The molecule has 1 fully saturated rings. The summed E-state index contributed by atoms with van der Waals surface area (Å²) in [5.74, 6) is -0.710. The van der Waals surface area contributed by atoms with Gasteiger partial charge < -0.3 is 15.6 Å². The largest absolute Gasteiger partial charge is 0.382 e. The minimum Gasteiger partial charge on any atom is -0.382 e. The summed E-state index contributed by atoms with van der Waals surface area (Å²) in [4.78, 5) is 28.3. The fraction of sp³-hybridized carbons (Fsp3) is 0.296. The van der Waals surface area contributed by atoms with E-state index in [1.807, 2.05) is 43.3 Å². The first kappa shape index (κ1) is 23.0. The molecular formula is C27H29FN6O. The molecule has 0 aliphatic carbocycles. The number of nitrogens with zero attached hydrogens (tertiary/aromatic N) is 4. The molecule has 35 heavy (non-hydrogen) atoms. The molecule has 3 N–H and O–H groups in total. The minimum absolute atomic E-state index is 0.00388. The van der Waals surface area contributed by atoms with Crippen LogP contribution < -0.4 is 16.2 Å². The highest BCUT2D eigenvalue weighted by molar-refractivity contribution is 5.88. The maximum absolute atomic E-state index is 14.9. The van der Waals surface area contributed by atoms with E-state index in [-0.39, 0.29) is 17.1 Å². The van der Waals surface area contributed by atoms with Crippen LogP contribution in [0, 0.1) is 12.9 Å². The molecular weight excluding hydrogens is 443 g/mol. The lowest BCUT2D eigenvalue weighted by molar-refractivity contribution is 0.170. The van der Waals surface area contributed by atoms with E-state index in [1.165, 1.54) is 0 Å². The predicted octanol–water partition coefficient (Wildman–Crippen LogP) is 4.21. The van der Waals surface area contributed by atoms with E-state index in [2.05, 4.69) is 45.6 Å².